The number of carbonyl (C=O) groups is 1. The number of para-hydroxylation sites is 2. The number of hydrogen-bond acceptors (Lipinski definition) is 3. The van der Waals surface area contributed by atoms with E-state index in [0.29, 0.717) is 22.9 Å². The second kappa shape index (κ2) is 6.21. The molecule has 0 aliphatic carbocycles. The summed E-state index contributed by atoms with van der Waals surface area (Å²) >= 11 is 4.85. The highest BCUT2D eigenvalue weighted by Crippen LogP contribution is 2.29. The molecule has 0 atom stereocenters. The van der Waals surface area contributed by atoms with Crippen molar-refractivity contribution in [2.45, 2.75) is 13.8 Å². The highest BCUT2D eigenvalue weighted by molar-refractivity contribution is 9.11. The number of nitrogens with one attached hydrogen (secondary N) is 1. The lowest BCUT2D eigenvalue weighted by atomic mass is 10.2. The quantitative estimate of drug-likeness (QED) is 0.892. The fourth-order valence-electron chi connectivity index (χ4n) is 1.61. The van der Waals surface area contributed by atoms with Crippen molar-refractivity contribution in [3.05, 3.63) is 44.6 Å². The van der Waals surface area contributed by atoms with Crippen LogP contribution in [-0.2, 0) is 0 Å². The van der Waals surface area contributed by atoms with Gasteiger partial charge in [-0.2, -0.15) is 0 Å². The maximum Gasteiger partial charge on any atom is 0.265 e. The first-order chi connectivity index (χ1) is 9.11. The van der Waals surface area contributed by atoms with Crippen LogP contribution in [0, 0.1) is 6.92 Å². The molecule has 1 aromatic carbocycles. The van der Waals surface area contributed by atoms with Crippen molar-refractivity contribution in [3.63, 3.8) is 0 Å². The zero-order valence-corrected chi connectivity index (χ0v) is 13.1. The number of thiophene rings is 1. The minimum absolute atomic E-state index is 0.119. The van der Waals surface area contributed by atoms with Crippen molar-refractivity contribution in [1.82, 2.24) is 0 Å². The summed E-state index contributed by atoms with van der Waals surface area (Å²) in [6, 6.07) is 9.29. The molecular weight excluding hydrogens is 326 g/mol. The third-order valence-corrected chi connectivity index (χ3v) is 4.65. The molecule has 0 saturated carbocycles. The fourth-order valence-corrected chi connectivity index (χ4v) is 3.04. The molecule has 1 aromatic heterocycles. The highest BCUT2D eigenvalue weighted by Gasteiger charge is 2.13. The highest BCUT2D eigenvalue weighted by atomic mass is 79.9. The largest absolute Gasteiger partial charge is 0.492 e. The molecule has 0 bridgehead atoms. The first-order valence-corrected chi connectivity index (χ1v) is 7.52. The third-order valence-electron chi connectivity index (χ3n) is 2.52. The molecule has 0 fully saturated rings. The second-order valence-corrected chi connectivity index (χ2v) is 6.32. The summed E-state index contributed by atoms with van der Waals surface area (Å²) in [5, 5.41) is 2.88. The molecule has 0 aliphatic rings. The average Bonchev–Trinajstić information content (AvgIpc) is 2.72. The molecule has 19 heavy (non-hydrogen) atoms. The Labute approximate surface area is 124 Å². The van der Waals surface area contributed by atoms with Crippen molar-refractivity contribution in [3.8, 4) is 5.75 Å². The molecule has 3 nitrogen and oxygen atoms in total. The van der Waals surface area contributed by atoms with Gasteiger partial charge in [0.1, 0.15) is 5.75 Å². The Morgan fingerprint density at radius 3 is 2.79 bits per heavy atom. The monoisotopic (exact) mass is 339 g/mol. The molecule has 100 valence electrons. The summed E-state index contributed by atoms with van der Waals surface area (Å²) in [5.74, 6) is 0.566. The smallest absolute Gasteiger partial charge is 0.265 e. The van der Waals surface area contributed by atoms with Crippen LogP contribution in [0.5, 0.6) is 5.75 Å². The Kier molecular flexibility index (Phi) is 4.61. The first-order valence-electron chi connectivity index (χ1n) is 5.91. The maximum absolute atomic E-state index is 12.2. The van der Waals surface area contributed by atoms with E-state index in [1.54, 1.807) is 0 Å². The van der Waals surface area contributed by atoms with Crippen LogP contribution < -0.4 is 10.1 Å². The minimum Gasteiger partial charge on any atom is -0.492 e. The van der Waals surface area contributed by atoms with Gasteiger partial charge in [-0.05, 0) is 53.5 Å². The SMILES string of the molecule is CCOc1ccccc1NC(=O)c1cc(C)c(Br)s1. The van der Waals surface area contributed by atoms with Crippen LogP contribution >= 0.6 is 27.3 Å². The van der Waals surface area contributed by atoms with Gasteiger partial charge in [0, 0.05) is 0 Å². The van der Waals surface area contributed by atoms with Crippen LogP contribution in [0.1, 0.15) is 22.2 Å². The van der Waals surface area contributed by atoms with E-state index in [1.807, 2.05) is 44.2 Å². The Morgan fingerprint density at radius 2 is 2.16 bits per heavy atom. The number of amides is 1. The van der Waals surface area contributed by atoms with Gasteiger partial charge in [0.05, 0.1) is 21.0 Å². The first kappa shape index (κ1) is 14.1. The summed E-state index contributed by atoms with van der Waals surface area (Å²) in [7, 11) is 0. The van der Waals surface area contributed by atoms with Gasteiger partial charge in [0.15, 0.2) is 0 Å². The van der Waals surface area contributed by atoms with Crippen LogP contribution in [0.15, 0.2) is 34.1 Å². The number of halogens is 1. The van der Waals surface area contributed by atoms with E-state index in [2.05, 4.69) is 21.2 Å². The minimum atomic E-state index is -0.119. The van der Waals surface area contributed by atoms with Crippen molar-refractivity contribution in [2.75, 3.05) is 11.9 Å². The summed E-state index contributed by atoms with van der Waals surface area (Å²) in [5.41, 5.74) is 1.75. The summed E-state index contributed by atoms with van der Waals surface area (Å²) in [6.07, 6.45) is 0. The lowest BCUT2D eigenvalue weighted by Crippen LogP contribution is -2.11. The number of carbonyl (C=O) groups excluding carboxylic acids is 1. The maximum atomic E-state index is 12.2. The standard InChI is InChI=1S/C14H14BrNO2S/c1-3-18-11-7-5-4-6-10(11)16-14(17)12-8-9(2)13(15)19-12/h4-8H,3H2,1-2H3,(H,16,17). The zero-order valence-electron chi connectivity index (χ0n) is 10.7. The van der Waals surface area contributed by atoms with E-state index in [-0.39, 0.29) is 5.91 Å². The molecule has 1 heterocycles. The van der Waals surface area contributed by atoms with Crippen molar-refractivity contribution >= 4 is 38.9 Å². The molecule has 5 heteroatoms. The molecule has 0 aliphatic heterocycles. The van der Waals surface area contributed by atoms with Crippen molar-refractivity contribution < 1.29 is 9.53 Å². The lowest BCUT2D eigenvalue weighted by molar-refractivity contribution is 0.103. The fraction of sp³-hybridized carbons (Fsp3) is 0.214. The van der Waals surface area contributed by atoms with Crippen LogP contribution in [0.25, 0.3) is 0 Å². The Hall–Kier alpha value is -1.33. The van der Waals surface area contributed by atoms with Crippen molar-refractivity contribution in [1.29, 1.82) is 0 Å². The zero-order chi connectivity index (χ0) is 13.8. The van der Waals surface area contributed by atoms with E-state index >= 15 is 0 Å². The van der Waals surface area contributed by atoms with Gasteiger partial charge in [-0.3, -0.25) is 4.79 Å². The molecule has 2 rings (SSSR count). The number of aryl methyl sites for hydroxylation is 1. The number of ether oxygens (including phenoxy) is 1. The van der Waals surface area contributed by atoms with E-state index in [4.69, 9.17) is 4.74 Å². The van der Waals surface area contributed by atoms with Gasteiger partial charge in [0.25, 0.3) is 5.91 Å². The molecule has 1 amide bonds. The number of hydrogen-bond donors (Lipinski definition) is 1. The van der Waals surface area contributed by atoms with Gasteiger partial charge in [-0.15, -0.1) is 11.3 Å². The van der Waals surface area contributed by atoms with Gasteiger partial charge in [-0.25, -0.2) is 0 Å². The molecule has 1 N–H and O–H groups in total. The Balaban J connectivity index is 2.19. The van der Waals surface area contributed by atoms with Crippen molar-refractivity contribution in [2.24, 2.45) is 0 Å². The van der Waals surface area contributed by atoms with Gasteiger partial charge in [-0.1, -0.05) is 12.1 Å². The molecule has 0 saturated heterocycles. The van der Waals surface area contributed by atoms with Gasteiger partial charge >= 0.3 is 0 Å². The Morgan fingerprint density at radius 1 is 1.42 bits per heavy atom. The number of rotatable bonds is 4. The second-order valence-electron chi connectivity index (χ2n) is 3.95. The van der Waals surface area contributed by atoms with E-state index in [1.165, 1.54) is 11.3 Å². The normalized spacial score (nSPS) is 10.3. The summed E-state index contributed by atoms with van der Waals surface area (Å²) < 4.78 is 6.46. The Bertz CT molecular complexity index is 575. The lowest BCUT2D eigenvalue weighted by Gasteiger charge is -2.10. The third kappa shape index (κ3) is 3.36. The van der Waals surface area contributed by atoms with Crippen LogP contribution in [0.4, 0.5) is 5.69 Å². The molecule has 0 unspecified atom stereocenters. The topological polar surface area (TPSA) is 38.3 Å². The predicted molar refractivity (Wildman–Crippen MR) is 82.3 cm³/mol. The van der Waals surface area contributed by atoms with Crippen LogP contribution in [0.2, 0.25) is 0 Å². The molecular formula is C14H14BrNO2S. The molecule has 0 radical (unpaired) electrons. The summed E-state index contributed by atoms with van der Waals surface area (Å²) in [4.78, 5) is 12.8. The van der Waals surface area contributed by atoms with E-state index in [9.17, 15) is 4.79 Å². The van der Waals surface area contributed by atoms with Gasteiger partial charge < -0.3 is 10.1 Å². The van der Waals surface area contributed by atoms with Crippen LogP contribution in [-0.4, -0.2) is 12.5 Å². The molecule has 0 spiro atoms. The number of anilines is 1. The van der Waals surface area contributed by atoms with Crippen LogP contribution in [0.3, 0.4) is 0 Å². The summed E-state index contributed by atoms with van der Waals surface area (Å²) in [6.45, 7) is 4.44. The number of benzene rings is 1. The molecule has 2 aromatic rings. The van der Waals surface area contributed by atoms with E-state index in [0.717, 1.165) is 9.35 Å². The predicted octanol–water partition coefficient (Wildman–Crippen LogP) is 4.47. The van der Waals surface area contributed by atoms with Gasteiger partial charge in [0.2, 0.25) is 0 Å². The average molecular weight is 340 g/mol. The van der Waals surface area contributed by atoms with E-state index < -0.39 is 0 Å².